The van der Waals surface area contributed by atoms with Gasteiger partial charge in [-0.05, 0) is 55.6 Å². The van der Waals surface area contributed by atoms with Crippen molar-refractivity contribution in [2.45, 2.75) is 31.8 Å². The minimum atomic E-state index is -0.589. The van der Waals surface area contributed by atoms with Gasteiger partial charge in [0.1, 0.15) is 11.6 Å². The third kappa shape index (κ3) is 3.34. The van der Waals surface area contributed by atoms with E-state index >= 15 is 0 Å². The Balaban J connectivity index is 1.30. The summed E-state index contributed by atoms with van der Waals surface area (Å²) in [4.78, 5) is 15.9. The second-order valence-electron chi connectivity index (χ2n) is 8.59. The number of hydrazine groups is 1. The zero-order chi connectivity index (χ0) is 20.0. The van der Waals surface area contributed by atoms with E-state index in [0.29, 0.717) is 12.0 Å². The molecule has 0 aliphatic carbocycles. The topological polar surface area (TPSA) is 26.8 Å². The van der Waals surface area contributed by atoms with Crippen molar-refractivity contribution in [3.63, 3.8) is 0 Å². The molecule has 0 N–H and O–H groups in total. The van der Waals surface area contributed by atoms with Crippen LogP contribution in [0, 0.1) is 17.0 Å². The maximum atomic E-state index is 13.7. The molecule has 29 heavy (non-hydrogen) atoms. The number of hydrogen-bond donors (Lipinski definition) is 0. The van der Waals surface area contributed by atoms with Gasteiger partial charge in [-0.3, -0.25) is 14.7 Å². The third-order valence-electron chi connectivity index (χ3n) is 6.74. The quantitative estimate of drug-likeness (QED) is 0.789. The first-order chi connectivity index (χ1) is 14.0. The second kappa shape index (κ2) is 7.18. The summed E-state index contributed by atoms with van der Waals surface area (Å²) in [5, 5.41) is 3.89. The lowest BCUT2D eigenvalue weighted by Crippen LogP contribution is -2.45. The van der Waals surface area contributed by atoms with Gasteiger partial charge in [0.05, 0.1) is 11.5 Å². The Morgan fingerprint density at radius 3 is 2.34 bits per heavy atom. The molecule has 2 aromatic rings. The minimum absolute atomic E-state index is 0.129. The van der Waals surface area contributed by atoms with E-state index in [9.17, 15) is 13.6 Å². The van der Waals surface area contributed by atoms with E-state index < -0.39 is 11.6 Å². The number of likely N-dealkylation sites (tertiary alicyclic amines) is 1. The van der Waals surface area contributed by atoms with E-state index in [4.69, 9.17) is 0 Å². The highest BCUT2D eigenvalue weighted by Crippen LogP contribution is 2.47. The first-order valence-corrected chi connectivity index (χ1v) is 10.3. The fraction of sp³-hybridized carbons (Fsp3) is 0.435. The summed E-state index contributed by atoms with van der Waals surface area (Å²) in [5.74, 6) is -1.05. The molecule has 2 aromatic carbocycles. The van der Waals surface area contributed by atoms with Crippen LogP contribution >= 0.6 is 0 Å². The van der Waals surface area contributed by atoms with Crippen molar-refractivity contribution in [1.82, 2.24) is 14.9 Å². The maximum absolute atomic E-state index is 13.7. The summed E-state index contributed by atoms with van der Waals surface area (Å²) in [5.41, 5.74) is 1.48. The molecule has 1 spiro atoms. The van der Waals surface area contributed by atoms with Gasteiger partial charge in [0.2, 0.25) is 5.91 Å². The number of piperidine rings is 1. The Labute approximate surface area is 169 Å². The lowest BCUT2D eigenvalue weighted by atomic mass is 9.77. The van der Waals surface area contributed by atoms with Crippen LogP contribution in [0.3, 0.4) is 0 Å². The van der Waals surface area contributed by atoms with Gasteiger partial charge in [-0.25, -0.2) is 13.8 Å². The molecular formula is C23H25F2N3O. The van der Waals surface area contributed by atoms with Gasteiger partial charge in [-0.1, -0.05) is 30.3 Å². The molecular weight excluding hydrogens is 372 g/mol. The van der Waals surface area contributed by atoms with Crippen molar-refractivity contribution in [3.8, 4) is 0 Å². The van der Waals surface area contributed by atoms with Crippen LogP contribution in [0.1, 0.15) is 36.4 Å². The van der Waals surface area contributed by atoms with Crippen LogP contribution in [0.25, 0.3) is 0 Å². The van der Waals surface area contributed by atoms with Gasteiger partial charge in [-0.2, -0.15) is 0 Å². The van der Waals surface area contributed by atoms with Gasteiger partial charge < -0.3 is 0 Å². The summed E-state index contributed by atoms with van der Waals surface area (Å²) < 4.78 is 27.5. The van der Waals surface area contributed by atoms with Crippen molar-refractivity contribution in [1.29, 1.82) is 0 Å². The maximum Gasteiger partial charge on any atom is 0.245 e. The number of rotatable bonds is 3. The molecule has 3 saturated heterocycles. The molecule has 4 nitrogen and oxygen atoms in total. The molecule has 3 aliphatic rings. The summed E-state index contributed by atoms with van der Waals surface area (Å²) in [6.45, 7) is 4.16. The highest BCUT2D eigenvalue weighted by atomic mass is 19.1. The Kier molecular flexibility index (Phi) is 4.63. The molecule has 0 saturated carbocycles. The molecule has 1 amide bonds. The Morgan fingerprint density at radius 2 is 1.66 bits per heavy atom. The highest BCUT2D eigenvalue weighted by Gasteiger charge is 2.55. The first-order valence-electron chi connectivity index (χ1n) is 10.3. The van der Waals surface area contributed by atoms with Crippen molar-refractivity contribution in [2.75, 3.05) is 26.2 Å². The SMILES string of the molecule is O=C1N2C(c3cc(F)cc(F)c3)CCN2CC12CCN(Cc1ccccc1)CC2. The van der Waals surface area contributed by atoms with Crippen LogP contribution in [0.15, 0.2) is 48.5 Å². The first kappa shape index (κ1) is 18.7. The molecule has 0 bridgehead atoms. The van der Waals surface area contributed by atoms with Crippen molar-refractivity contribution in [2.24, 2.45) is 5.41 Å². The molecule has 5 rings (SSSR count). The van der Waals surface area contributed by atoms with Crippen LogP contribution in [0.4, 0.5) is 8.78 Å². The lowest BCUT2D eigenvalue weighted by molar-refractivity contribution is -0.144. The number of benzene rings is 2. The number of carbonyl (C=O) groups is 1. The fourth-order valence-electron chi connectivity index (χ4n) is 5.21. The van der Waals surface area contributed by atoms with Gasteiger partial charge >= 0.3 is 0 Å². The Hall–Kier alpha value is -2.31. The monoisotopic (exact) mass is 397 g/mol. The van der Waals surface area contributed by atoms with Gasteiger partial charge in [0, 0.05) is 25.7 Å². The number of nitrogens with zero attached hydrogens (tertiary/aromatic N) is 3. The summed E-state index contributed by atoms with van der Waals surface area (Å²) in [6, 6.07) is 13.7. The molecule has 0 radical (unpaired) electrons. The average Bonchev–Trinajstić information content (AvgIpc) is 3.22. The number of hydrogen-bond acceptors (Lipinski definition) is 3. The predicted octanol–water partition coefficient (Wildman–Crippen LogP) is 3.75. The standard InChI is InChI=1S/C23H25F2N3O/c24-19-12-18(13-20(25)14-19)21-6-9-27-16-23(22(29)28(21)27)7-10-26(11-8-23)15-17-4-2-1-3-5-17/h1-5,12-14,21H,6-11,15-16H2. The lowest BCUT2D eigenvalue weighted by Gasteiger charge is -2.38. The largest absolute Gasteiger partial charge is 0.299 e. The van der Waals surface area contributed by atoms with Crippen LogP contribution in [0.5, 0.6) is 0 Å². The van der Waals surface area contributed by atoms with E-state index in [-0.39, 0.29) is 17.4 Å². The van der Waals surface area contributed by atoms with Crippen LogP contribution in [0.2, 0.25) is 0 Å². The van der Waals surface area contributed by atoms with Gasteiger partial charge in [-0.15, -0.1) is 0 Å². The Bertz CT molecular complexity index is 891. The van der Waals surface area contributed by atoms with Crippen molar-refractivity contribution in [3.05, 3.63) is 71.3 Å². The smallest absolute Gasteiger partial charge is 0.245 e. The van der Waals surface area contributed by atoms with Crippen LogP contribution < -0.4 is 0 Å². The molecule has 152 valence electrons. The van der Waals surface area contributed by atoms with Crippen LogP contribution in [-0.4, -0.2) is 47.0 Å². The molecule has 3 aliphatic heterocycles. The molecule has 1 atom stereocenters. The van der Waals surface area contributed by atoms with E-state index in [1.54, 1.807) is 5.01 Å². The average molecular weight is 397 g/mol. The molecule has 3 fully saturated rings. The molecule has 6 heteroatoms. The van der Waals surface area contributed by atoms with Gasteiger partial charge in [0.25, 0.3) is 0 Å². The number of carbonyl (C=O) groups excluding carboxylic acids is 1. The van der Waals surface area contributed by atoms with Crippen LogP contribution in [-0.2, 0) is 11.3 Å². The number of halogens is 2. The van der Waals surface area contributed by atoms with E-state index in [1.807, 2.05) is 6.07 Å². The Morgan fingerprint density at radius 1 is 0.966 bits per heavy atom. The third-order valence-corrected chi connectivity index (χ3v) is 6.74. The van der Waals surface area contributed by atoms with Crippen molar-refractivity contribution >= 4 is 5.91 Å². The van der Waals surface area contributed by atoms with E-state index in [0.717, 1.165) is 51.6 Å². The van der Waals surface area contributed by atoms with E-state index in [2.05, 4.69) is 34.2 Å². The van der Waals surface area contributed by atoms with Crippen molar-refractivity contribution < 1.29 is 13.6 Å². The summed E-state index contributed by atoms with van der Waals surface area (Å²) in [6.07, 6.45) is 2.37. The zero-order valence-electron chi connectivity index (χ0n) is 16.4. The van der Waals surface area contributed by atoms with E-state index in [1.165, 1.54) is 17.7 Å². The summed E-state index contributed by atoms with van der Waals surface area (Å²) >= 11 is 0. The minimum Gasteiger partial charge on any atom is -0.299 e. The molecule has 0 aromatic heterocycles. The molecule has 1 unspecified atom stereocenters. The predicted molar refractivity (Wildman–Crippen MR) is 106 cm³/mol. The molecule has 3 heterocycles. The number of fused-ring (bicyclic) bond motifs is 1. The second-order valence-corrected chi connectivity index (χ2v) is 8.59. The highest BCUT2D eigenvalue weighted by molar-refractivity contribution is 5.85. The fourth-order valence-corrected chi connectivity index (χ4v) is 5.21. The zero-order valence-corrected chi connectivity index (χ0v) is 16.4. The van der Waals surface area contributed by atoms with Gasteiger partial charge in [0.15, 0.2) is 0 Å². The summed E-state index contributed by atoms with van der Waals surface area (Å²) in [7, 11) is 0. The number of amides is 1. The normalized spacial score (nSPS) is 24.4.